The molecule has 0 spiro atoms. The molecule has 0 saturated carbocycles. The van der Waals surface area contributed by atoms with Gasteiger partial charge in [-0.25, -0.2) is 0 Å². The number of nitrogens with two attached hydrogens (primary N) is 2. The average molecular weight is 433 g/mol. The third kappa shape index (κ3) is 6.21. The number of benzene rings is 2. The first-order chi connectivity index (χ1) is 13.2. The van der Waals surface area contributed by atoms with Gasteiger partial charge in [0.25, 0.3) is 0 Å². The molecule has 0 bridgehead atoms. The average Bonchev–Trinajstić information content (AvgIpc) is 2.67. The Bertz CT molecular complexity index is 673. The van der Waals surface area contributed by atoms with Crippen LogP contribution in [0.25, 0.3) is 0 Å². The minimum absolute atomic E-state index is 0.640. The summed E-state index contributed by atoms with van der Waals surface area (Å²) < 4.78 is 14.3. The van der Waals surface area contributed by atoms with Crippen molar-refractivity contribution in [2.24, 2.45) is 11.5 Å². The van der Waals surface area contributed by atoms with Crippen LogP contribution in [0.15, 0.2) is 60.7 Å². The highest BCUT2D eigenvalue weighted by molar-refractivity contribution is 7.02. The number of rotatable bonds is 11. The van der Waals surface area contributed by atoms with Gasteiger partial charge in [-0.3, -0.25) is 0 Å². The molecule has 4 N–H and O–H groups in total. The fraction of sp³-hybridized carbons (Fsp3) is 0.429. The van der Waals surface area contributed by atoms with Crippen molar-refractivity contribution in [3.8, 4) is 0 Å². The molecule has 0 unspecified atom stereocenters. The van der Waals surface area contributed by atoms with Gasteiger partial charge in [-0.05, 0) is 68.2 Å². The fourth-order valence-electron chi connectivity index (χ4n) is 3.49. The first kappa shape index (κ1) is 23.2. The molecule has 154 valence electrons. The molecule has 0 aliphatic carbocycles. The van der Waals surface area contributed by atoms with Crippen molar-refractivity contribution in [1.82, 2.24) is 0 Å². The van der Waals surface area contributed by atoms with E-state index in [1.54, 1.807) is 0 Å². The Morgan fingerprint density at radius 3 is 1.46 bits per heavy atom. The third-order valence-electron chi connectivity index (χ3n) is 4.88. The van der Waals surface area contributed by atoms with E-state index in [1.165, 1.54) is 10.4 Å². The first-order valence-corrected chi connectivity index (χ1v) is 18.2. The number of hydrogen-bond donors (Lipinski definition) is 2. The second-order valence-electron chi connectivity index (χ2n) is 8.50. The van der Waals surface area contributed by atoms with E-state index in [-0.39, 0.29) is 0 Å². The standard InChI is InChI=1S/C21H36N2O2Si3/c1-26(2,18-11-16-22)24-28(20-12-7-5-8-13-20,21-14-9-6-10-15-21)25-27(3,4)19-17-23/h5-10,12-15H,11,16-19,22-23H2,1-4H3. The summed E-state index contributed by atoms with van der Waals surface area (Å²) in [6.07, 6.45) is 0.983. The van der Waals surface area contributed by atoms with Gasteiger partial charge in [-0.15, -0.1) is 0 Å². The van der Waals surface area contributed by atoms with Gasteiger partial charge in [0.1, 0.15) is 0 Å². The van der Waals surface area contributed by atoms with Crippen LogP contribution in [0.2, 0.25) is 38.3 Å². The Balaban J connectivity index is 2.62. The largest absolute Gasteiger partial charge is 0.430 e. The molecule has 28 heavy (non-hydrogen) atoms. The maximum atomic E-state index is 7.18. The van der Waals surface area contributed by atoms with Gasteiger partial charge in [-0.1, -0.05) is 60.7 Å². The quantitative estimate of drug-likeness (QED) is 0.536. The molecule has 0 heterocycles. The van der Waals surface area contributed by atoms with E-state index in [0.29, 0.717) is 13.1 Å². The molecular formula is C21H36N2O2Si3. The van der Waals surface area contributed by atoms with Crippen molar-refractivity contribution in [2.75, 3.05) is 13.1 Å². The summed E-state index contributed by atoms with van der Waals surface area (Å²) in [5.41, 5.74) is 11.7. The molecule has 2 aromatic carbocycles. The zero-order valence-corrected chi connectivity index (χ0v) is 20.8. The van der Waals surface area contributed by atoms with Gasteiger partial charge >= 0.3 is 8.56 Å². The Kier molecular flexibility index (Phi) is 8.38. The van der Waals surface area contributed by atoms with Gasteiger partial charge in [-0.2, -0.15) is 0 Å². The van der Waals surface area contributed by atoms with Gasteiger partial charge in [0.05, 0.1) is 0 Å². The molecule has 0 amide bonds. The monoisotopic (exact) mass is 432 g/mol. The molecule has 0 fully saturated rings. The van der Waals surface area contributed by atoms with Crippen molar-refractivity contribution in [3.05, 3.63) is 60.7 Å². The highest BCUT2D eigenvalue weighted by atomic mass is 28.5. The molecule has 0 saturated heterocycles. The van der Waals surface area contributed by atoms with E-state index in [0.717, 1.165) is 18.5 Å². The lowest BCUT2D eigenvalue weighted by Gasteiger charge is -2.43. The minimum atomic E-state index is -2.88. The molecule has 0 atom stereocenters. The molecule has 7 heteroatoms. The van der Waals surface area contributed by atoms with Crippen LogP contribution in [0.4, 0.5) is 0 Å². The van der Waals surface area contributed by atoms with Crippen LogP contribution >= 0.6 is 0 Å². The van der Waals surface area contributed by atoms with Crippen molar-refractivity contribution in [1.29, 1.82) is 0 Å². The summed E-state index contributed by atoms with van der Waals surface area (Å²) >= 11 is 0. The van der Waals surface area contributed by atoms with Crippen LogP contribution in [-0.4, -0.2) is 38.3 Å². The molecule has 2 rings (SSSR count). The molecule has 4 nitrogen and oxygen atoms in total. The normalized spacial score (nSPS) is 12.9. The smallest absolute Gasteiger partial charge is 0.386 e. The molecule has 0 radical (unpaired) electrons. The number of hydrogen-bond acceptors (Lipinski definition) is 4. The lowest BCUT2D eigenvalue weighted by atomic mass is 10.4. The van der Waals surface area contributed by atoms with Crippen LogP contribution in [-0.2, 0) is 8.23 Å². The fourth-order valence-corrected chi connectivity index (χ4v) is 16.3. The van der Waals surface area contributed by atoms with Crippen LogP contribution in [0.5, 0.6) is 0 Å². The van der Waals surface area contributed by atoms with Gasteiger partial charge in [0.15, 0.2) is 16.6 Å². The highest BCUT2D eigenvalue weighted by Crippen LogP contribution is 2.25. The Morgan fingerprint density at radius 2 is 1.07 bits per heavy atom. The highest BCUT2D eigenvalue weighted by Gasteiger charge is 2.49. The summed E-state index contributed by atoms with van der Waals surface area (Å²) in [5.74, 6) is 0. The maximum Gasteiger partial charge on any atom is 0.386 e. The van der Waals surface area contributed by atoms with Crippen LogP contribution in [0.1, 0.15) is 6.42 Å². The molecule has 0 aliphatic rings. The summed E-state index contributed by atoms with van der Waals surface area (Å²) in [5, 5.41) is 2.35. The molecular weight excluding hydrogens is 397 g/mol. The van der Waals surface area contributed by atoms with Crippen molar-refractivity contribution < 1.29 is 8.23 Å². The van der Waals surface area contributed by atoms with Crippen molar-refractivity contribution >= 4 is 35.6 Å². The maximum absolute atomic E-state index is 7.18. The summed E-state index contributed by atoms with van der Waals surface area (Å²) in [6.45, 7) is 10.4. The van der Waals surface area contributed by atoms with E-state index in [4.69, 9.17) is 19.7 Å². The summed E-state index contributed by atoms with van der Waals surface area (Å²) in [7, 11) is -6.91. The third-order valence-corrected chi connectivity index (χ3v) is 16.8. The molecule has 0 aromatic heterocycles. The van der Waals surface area contributed by atoms with Gasteiger partial charge < -0.3 is 19.7 Å². The second-order valence-corrected chi connectivity index (χ2v) is 20.6. The van der Waals surface area contributed by atoms with Gasteiger partial charge in [0.2, 0.25) is 0 Å². The predicted octanol–water partition coefficient (Wildman–Crippen LogP) is 2.99. The summed E-state index contributed by atoms with van der Waals surface area (Å²) in [6, 6.07) is 23.0. The van der Waals surface area contributed by atoms with Gasteiger partial charge in [0, 0.05) is 0 Å². The Labute approximate surface area is 173 Å². The van der Waals surface area contributed by atoms with E-state index < -0.39 is 25.2 Å². The SMILES string of the molecule is C[Si](C)(CCN)O[Si](O[Si](C)(C)CCCN)(c1ccccc1)c1ccccc1. The lowest BCUT2D eigenvalue weighted by Crippen LogP contribution is -2.70. The first-order valence-electron chi connectivity index (χ1n) is 10.2. The lowest BCUT2D eigenvalue weighted by molar-refractivity contribution is 0.405. The Morgan fingerprint density at radius 1 is 0.643 bits per heavy atom. The topological polar surface area (TPSA) is 70.5 Å². The van der Waals surface area contributed by atoms with Crippen molar-refractivity contribution in [2.45, 2.75) is 44.7 Å². The van der Waals surface area contributed by atoms with E-state index in [1.807, 2.05) is 12.1 Å². The van der Waals surface area contributed by atoms with Crippen molar-refractivity contribution in [3.63, 3.8) is 0 Å². The molecule has 2 aromatic rings. The van der Waals surface area contributed by atoms with E-state index >= 15 is 0 Å². The Hall–Kier alpha value is -1.07. The van der Waals surface area contributed by atoms with Crippen LogP contribution in [0, 0.1) is 0 Å². The zero-order chi connectivity index (χ0) is 20.7. The molecule has 0 aliphatic heterocycles. The van der Waals surface area contributed by atoms with Crippen LogP contribution < -0.4 is 21.8 Å². The zero-order valence-electron chi connectivity index (χ0n) is 17.8. The van der Waals surface area contributed by atoms with E-state index in [2.05, 4.69) is 74.7 Å². The van der Waals surface area contributed by atoms with Crippen LogP contribution in [0.3, 0.4) is 0 Å². The summed E-state index contributed by atoms with van der Waals surface area (Å²) in [4.78, 5) is 0. The minimum Gasteiger partial charge on any atom is -0.430 e. The predicted molar refractivity (Wildman–Crippen MR) is 127 cm³/mol. The van der Waals surface area contributed by atoms with E-state index in [9.17, 15) is 0 Å². The second kappa shape index (κ2) is 10.1.